The monoisotopic (exact) mass is 162 g/mol. The molecule has 0 rings (SSSR count). The Balaban J connectivity index is 3.27. The summed E-state index contributed by atoms with van der Waals surface area (Å²) in [5, 5.41) is 15.9. The molecule has 0 fully saturated rings. The molecule has 64 valence electrons. The Kier molecular flexibility index (Phi) is 5.18. The Labute approximate surface area is 64.0 Å². The maximum atomic E-state index is 7.97. The zero-order chi connectivity index (χ0) is 8.69. The average Bonchev–Trinajstić information content (AvgIpc) is 2.04. The first kappa shape index (κ1) is 9.96. The van der Waals surface area contributed by atoms with Crippen LogP contribution in [-0.2, 0) is 14.5 Å². The molecule has 0 aliphatic rings. The third kappa shape index (κ3) is 5.41. The summed E-state index contributed by atoms with van der Waals surface area (Å²) in [4.78, 5) is 7.43. The van der Waals surface area contributed by atoms with Gasteiger partial charge in [0.15, 0.2) is 11.5 Å². The maximum absolute atomic E-state index is 7.97. The fourth-order valence-corrected chi connectivity index (χ4v) is 0.331. The van der Waals surface area contributed by atoms with Crippen LogP contribution in [0, 0.1) is 0 Å². The number of hydrogen-bond acceptors (Lipinski definition) is 5. The van der Waals surface area contributed by atoms with Crippen molar-refractivity contribution in [3.63, 3.8) is 0 Å². The Bertz CT molecular complexity index is 126. The minimum Gasteiger partial charge on any atom is -0.365 e. The lowest BCUT2D eigenvalue weighted by atomic mass is 10.6. The predicted octanol–water partition coefficient (Wildman–Crippen LogP) is 1.01. The molecule has 0 aromatic heterocycles. The minimum atomic E-state index is 0.0128. The zero-order valence-electron chi connectivity index (χ0n) is 5.95. The van der Waals surface area contributed by atoms with Crippen LogP contribution in [0.15, 0.2) is 24.7 Å². The molecule has 0 aromatic carbocycles. The van der Waals surface area contributed by atoms with Crippen molar-refractivity contribution in [3.05, 3.63) is 24.7 Å². The van der Waals surface area contributed by atoms with Crippen LogP contribution in [-0.4, -0.2) is 23.7 Å². The number of ether oxygens (including phenoxy) is 1. The van der Waals surface area contributed by atoms with Crippen molar-refractivity contribution in [1.29, 1.82) is 0 Å². The molecule has 5 nitrogen and oxygen atoms in total. The van der Waals surface area contributed by atoms with Crippen LogP contribution in [0.4, 0.5) is 0 Å². The van der Waals surface area contributed by atoms with E-state index < -0.39 is 0 Å². The van der Waals surface area contributed by atoms with Gasteiger partial charge in [0.1, 0.15) is 13.2 Å². The smallest absolute Gasteiger partial charge is 0.160 e. The topological polar surface area (TPSA) is 68.2 Å². The molecule has 0 atom stereocenters. The van der Waals surface area contributed by atoms with Crippen molar-refractivity contribution in [2.45, 2.75) is 0 Å². The van der Waals surface area contributed by atoms with Gasteiger partial charge in [-0.05, 0) is 0 Å². The Morgan fingerprint density at radius 2 is 1.36 bits per heavy atom. The first-order valence-electron chi connectivity index (χ1n) is 2.76. The number of rotatable bonds is 6. The lowest BCUT2D eigenvalue weighted by Gasteiger charge is -2.03. The number of hydrogen-bond donors (Lipinski definition) is 2. The van der Waals surface area contributed by atoms with Crippen molar-refractivity contribution in [3.8, 4) is 0 Å². The molecule has 0 saturated carbocycles. The largest absolute Gasteiger partial charge is 0.365 e. The fourth-order valence-electron chi connectivity index (χ4n) is 0.331. The third-order valence-corrected chi connectivity index (χ3v) is 0.784. The quantitative estimate of drug-likeness (QED) is 0.346. The van der Waals surface area contributed by atoms with Gasteiger partial charge in [-0.25, -0.2) is 10.5 Å². The van der Waals surface area contributed by atoms with Gasteiger partial charge in [-0.15, -0.1) is 0 Å². The molecular formula is C6H10O5. The summed E-state index contributed by atoms with van der Waals surface area (Å²) < 4.78 is 4.77. The summed E-state index contributed by atoms with van der Waals surface area (Å²) in [6.45, 7) is 6.56. The lowest BCUT2D eigenvalue weighted by molar-refractivity contribution is -0.218. The molecule has 11 heavy (non-hydrogen) atoms. The summed E-state index contributed by atoms with van der Waals surface area (Å²) >= 11 is 0. The van der Waals surface area contributed by atoms with Gasteiger partial charge in [-0.1, -0.05) is 13.2 Å². The highest BCUT2D eigenvalue weighted by atomic mass is 17.1. The molecule has 0 radical (unpaired) electrons. The van der Waals surface area contributed by atoms with Crippen molar-refractivity contribution in [2.75, 3.05) is 13.2 Å². The van der Waals surface area contributed by atoms with Crippen LogP contribution in [0.3, 0.4) is 0 Å². The van der Waals surface area contributed by atoms with Gasteiger partial charge >= 0.3 is 0 Å². The van der Waals surface area contributed by atoms with Crippen LogP contribution < -0.4 is 0 Å². The molecule has 0 bridgehead atoms. The van der Waals surface area contributed by atoms with Gasteiger partial charge in [0, 0.05) is 0 Å². The van der Waals surface area contributed by atoms with E-state index in [-0.39, 0.29) is 24.7 Å². The SMILES string of the molecule is C=C(COCC(=C)OO)OO. The molecule has 5 heteroatoms. The van der Waals surface area contributed by atoms with Crippen LogP contribution >= 0.6 is 0 Å². The molecule has 0 saturated heterocycles. The first-order chi connectivity index (χ1) is 5.20. The molecular weight excluding hydrogens is 152 g/mol. The first-order valence-corrected chi connectivity index (χ1v) is 2.76. The van der Waals surface area contributed by atoms with E-state index in [1.54, 1.807) is 0 Å². The van der Waals surface area contributed by atoms with E-state index in [1.165, 1.54) is 0 Å². The predicted molar refractivity (Wildman–Crippen MR) is 36.5 cm³/mol. The van der Waals surface area contributed by atoms with E-state index in [4.69, 9.17) is 15.3 Å². The summed E-state index contributed by atoms with van der Waals surface area (Å²) in [6, 6.07) is 0. The molecule has 0 spiro atoms. The summed E-state index contributed by atoms with van der Waals surface area (Å²) in [5.41, 5.74) is 0. The maximum Gasteiger partial charge on any atom is 0.160 e. The van der Waals surface area contributed by atoms with E-state index in [0.717, 1.165) is 0 Å². The Morgan fingerprint density at radius 3 is 1.64 bits per heavy atom. The molecule has 0 heterocycles. The molecule has 0 aliphatic heterocycles. The van der Waals surface area contributed by atoms with E-state index in [2.05, 4.69) is 22.9 Å². The van der Waals surface area contributed by atoms with E-state index in [9.17, 15) is 0 Å². The summed E-state index contributed by atoms with van der Waals surface area (Å²) in [7, 11) is 0. The normalized spacial score (nSPS) is 8.91. The highest BCUT2D eigenvalue weighted by Crippen LogP contribution is 1.95. The van der Waals surface area contributed by atoms with E-state index >= 15 is 0 Å². The van der Waals surface area contributed by atoms with Crippen molar-refractivity contribution in [2.24, 2.45) is 0 Å². The fraction of sp³-hybridized carbons (Fsp3) is 0.333. The highest BCUT2D eigenvalue weighted by molar-refractivity contribution is 4.83. The van der Waals surface area contributed by atoms with Crippen LogP contribution in [0.2, 0.25) is 0 Å². The van der Waals surface area contributed by atoms with Crippen molar-refractivity contribution >= 4 is 0 Å². The van der Waals surface area contributed by atoms with Gasteiger partial charge in [0.05, 0.1) is 0 Å². The van der Waals surface area contributed by atoms with E-state index in [0.29, 0.717) is 0 Å². The molecule has 0 aromatic rings. The third-order valence-electron chi connectivity index (χ3n) is 0.784. The summed E-state index contributed by atoms with van der Waals surface area (Å²) in [5.74, 6) is 0.131. The van der Waals surface area contributed by atoms with Crippen LogP contribution in [0.5, 0.6) is 0 Å². The van der Waals surface area contributed by atoms with Gasteiger partial charge < -0.3 is 14.5 Å². The minimum absolute atomic E-state index is 0.0128. The standard InChI is InChI=1S/C6H10O5/c1-5(10-7)3-9-4-6(2)11-8/h7-8H,1-4H2. The van der Waals surface area contributed by atoms with Crippen molar-refractivity contribution < 1.29 is 25.0 Å². The molecule has 0 unspecified atom stereocenters. The highest BCUT2D eigenvalue weighted by Gasteiger charge is 1.97. The summed E-state index contributed by atoms with van der Waals surface area (Å²) in [6.07, 6.45) is 0. The lowest BCUT2D eigenvalue weighted by Crippen LogP contribution is -2.03. The van der Waals surface area contributed by atoms with Gasteiger partial charge in [0.2, 0.25) is 0 Å². The molecule has 0 amide bonds. The second-order valence-electron chi connectivity index (χ2n) is 1.75. The van der Waals surface area contributed by atoms with E-state index in [1.807, 2.05) is 0 Å². The van der Waals surface area contributed by atoms with Crippen LogP contribution in [0.1, 0.15) is 0 Å². The molecule has 2 N–H and O–H groups in total. The van der Waals surface area contributed by atoms with Gasteiger partial charge in [-0.2, -0.15) is 0 Å². The Hall–Kier alpha value is -1.04. The second kappa shape index (κ2) is 5.72. The zero-order valence-corrected chi connectivity index (χ0v) is 5.95. The molecule has 0 aliphatic carbocycles. The average molecular weight is 162 g/mol. The van der Waals surface area contributed by atoms with Crippen molar-refractivity contribution in [1.82, 2.24) is 0 Å². The Morgan fingerprint density at radius 1 is 1.00 bits per heavy atom. The second-order valence-corrected chi connectivity index (χ2v) is 1.75. The van der Waals surface area contributed by atoms with Crippen LogP contribution in [0.25, 0.3) is 0 Å². The van der Waals surface area contributed by atoms with Gasteiger partial charge in [-0.3, -0.25) is 0 Å². The van der Waals surface area contributed by atoms with Gasteiger partial charge in [0.25, 0.3) is 0 Å².